The minimum Gasteiger partial charge on any atom is -0.480 e. The van der Waals surface area contributed by atoms with Crippen LogP contribution < -0.4 is 17.2 Å². The van der Waals surface area contributed by atoms with Gasteiger partial charge in [-0.2, -0.15) is 0 Å². The molecular formula is C29H40N4O5. The van der Waals surface area contributed by atoms with Crippen LogP contribution in [0, 0.1) is 11.8 Å². The van der Waals surface area contributed by atoms with Crippen LogP contribution in [0.2, 0.25) is 0 Å². The van der Waals surface area contributed by atoms with Gasteiger partial charge >= 0.3 is 5.97 Å². The van der Waals surface area contributed by atoms with Gasteiger partial charge in [-0.1, -0.05) is 82.3 Å². The van der Waals surface area contributed by atoms with Crippen LogP contribution in [0.25, 0.3) is 0 Å². The van der Waals surface area contributed by atoms with Crippen molar-refractivity contribution in [3.63, 3.8) is 0 Å². The number of hydrogen-bond donors (Lipinski definition) is 4. The molecule has 2 aromatic rings. The molecule has 0 bridgehead atoms. The number of imide groups is 1. The van der Waals surface area contributed by atoms with Crippen molar-refractivity contribution in [3.8, 4) is 0 Å². The smallest absolute Gasteiger partial charge is 0.327 e. The highest BCUT2D eigenvalue weighted by Crippen LogP contribution is 2.20. The summed E-state index contributed by atoms with van der Waals surface area (Å²) in [5.41, 5.74) is 19.8. The van der Waals surface area contributed by atoms with E-state index in [0.717, 1.165) is 5.56 Å². The lowest BCUT2D eigenvalue weighted by atomic mass is 9.90. The van der Waals surface area contributed by atoms with Crippen molar-refractivity contribution < 1.29 is 24.3 Å². The van der Waals surface area contributed by atoms with E-state index >= 15 is 0 Å². The highest BCUT2D eigenvalue weighted by molar-refractivity contribution is 6.04. The van der Waals surface area contributed by atoms with Crippen LogP contribution >= 0.6 is 0 Å². The number of amides is 2. The monoisotopic (exact) mass is 524 g/mol. The van der Waals surface area contributed by atoms with E-state index in [1.165, 1.54) is 0 Å². The molecule has 0 heterocycles. The lowest BCUT2D eigenvalue weighted by Gasteiger charge is -2.32. The SMILES string of the molecule is CC(C)CC(N)C(=O)c1ccccc1CC(C(=O)O)N(C(=O)C(N)Cc1ccccc1)C(=O)C(N)C(C)C. The molecule has 0 saturated carbocycles. The fourth-order valence-corrected chi connectivity index (χ4v) is 4.25. The average molecular weight is 525 g/mol. The van der Waals surface area contributed by atoms with Crippen molar-refractivity contribution >= 4 is 23.6 Å². The Balaban J connectivity index is 2.49. The van der Waals surface area contributed by atoms with Crippen LogP contribution in [0.3, 0.4) is 0 Å². The molecule has 2 amide bonds. The number of aliphatic carboxylic acids is 1. The van der Waals surface area contributed by atoms with Crippen molar-refractivity contribution in [2.45, 2.75) is 71.1 Å². The van der Waals surface area contributed by atoms with E-state index in [-0.39, 0.29) is 36.0 Å². The highest BCUT2D eigenvalue weighted by atomic mass is 16.4. The van der Waals surface area contributed by atoms with E-state index in [4.69, 9.17) is 17.2 Å². The van der Waals surface area contributed by atoms with E-state index in [2.05, 4.69) is 0 Å². The number of rotatable bonds is 13. The van der Waals surface area contributed by atoms with Crippen molar-refractivity contribution in [2.75, 3.05) is 0 Å². The Morgan fingerprint density at radius 3 is 1.92 bits per heavy atom. The second kappa shape index (κ2) is 13.9. The van der Waals surface area contributed by atoms with Crippen molar-refractivity contribution in [1.29, 1.82) is 0 Å². The molecule has 0 saturated heterocycles. The summed E-state index contributed by atoms with van der Waals surface area (Å²) in [7, 11) is 0. The number of carboxylic acids is 1. The Hall–Kier alpha value is -3.40. The highest BCUT2D eigenvalue weighted by Gasteiger charge is 2.40. The molecule has 0 aliphatic rings. The topological polar surface area (TPSA) is 170 Å². The van der Waals surface area contributed by atoms with E-state index in [1.54, 1.807) is 62.4 Å². The standard InChI is InChI=1S/C29H40N4O5/c1-17(2)14-22(30)26(34)21-13-9-8-12-20(21)16-24(29(37)38)33(28(36)25(32)18(3)4)27(35)23(31)15-19-10-6-5-7-11-19/h5-13,17-18,22-25H,14-16,30-32H2,1-4H3,(H,37,38). The quantitative estimate of drug-likeness (QED) is 0.289. The zero-order valence-corrected chi connectivity index (χ0v) is 22.5. The molecule has 4 atom stereocenters. The summed E-state index contributed by atoms with van der Waals surface area (Å²) in [5, 5.41) is 10.2. The minimum absolute atomic E-state index is 0.103. The summed E-state index contributed by atoms with van der Waals surface area (Å²) in [5.74, 6) is -3.60. The van der Waals surface area contributed by atoms with E-state index in [0.29, 0.717) is 16.9 Å². The van der Waals surface area contributed by atoms with Crippen LogP contribution in [0.15, 0.2) is 54.6 Å². The molecule has 2 aromatic carbocycles. The Kier molecular flexibility index (Phi) is 11.3. The number of carboxylic acid groups (broad SMARTS) is 1. The summed E-state index contributed by atoms with van der Waals surface area (Å²) >= 11 is 0. The first-order valence-electron chi connectivity index (χ1n) is 12.9. The van der Waals surface area contributed by atoms with Gasteiger partial charge in [0.2, 0.25) is 11.8 Å². The Labute approximate surface area is 224 Å². The predicted octanol–water partition coefficient (Wildman–Crippen LogP) is 2.15. The number of Topliss-reactive ketones (excluding diaryl/α,β-unsaturated/α-hetero) is 1. The van der Waals surface area contributed by atoms with Crippen molar-refractivity contribution in [3.05, 3.63) is 71.3 Å². The van der Waals surface area contributed by atoms with E-state index in [9.17, 15) is 24.3 Å². The first kappa shape index (κ1) is 30.8. The normalized spacial score (nSPS) is 14.6. The second-order valence-corrected chi connectivity index (χ2v) is 10.4. The summed E-state index contributed by atoms with van der Waals surface area (Å²) in [4.78, 5) is 53.4. The number of nitrogens with two attached hydrogens (primary N) is 3. The molecule has 0 aliphatic carbocycles. The molecule has 38 heavy (non-hydrogen) atoms. The number of hydrogen-bond acceptors (Lipinski definition) is 7. The lowest BCUT2D eigenvalue weighted by molar-refractivity contribution is -0.159. The van der Waals surface area contributed by atoms with Gasteiger partial charge in [0.15, 0.2) is 5.78 Å². The minimum atomic E-state index is -1.63. The zero-order chi connectivity index (χ0) is 28.6. The van der Waals surface area contributed by atoms with Crippen molar-refractivity contribution in [2.24, 2.45) is 29.0 Å². The van der Waals surface area contributed by atoms with Gasteiger partial charge in [-0.15, -0.1) is 0 Å². The summed E-state index contributed by atoms with van der Waals surface area (Å²) in [6.45, 7) is 7.31. The van der Waals surface area contributed by atoms with Gasteiger partial charge in [-0.05, 0) is 35.8 Å². The van der Waals surface area contributed by atoms with Gasteiger partial charge in [-0.25, -0.2) is 4.79 Å². The maximum absolute atomic E-state index is 13.6. The predicted molar refractivity (Wildman–Crippen MR) is 146 cm³/mol. The van der Waals surface area contributed by atoms with Crippen LogP contribution in [0.4, 0.5) is 0 Å². The Bertz CT molecular complexity index is 1120. The third kappa shape index (κ3) is 8.05. The summed E-state index contributed by atoms with van der Waals surface area (Å²) in [6.07, 6.45) is 0.258. The number of carbonyl (C=O) groups excluding carboxylic acids is 3. The molecule has 4 unspecified atom stereocenters. The van der Waals surface area contributed by atoms with Gasteiger partial charge < -0.3 is 22.3 Å². The maximum Gasteiger partial charge on any atom is 0.327 e. The Morgan fingerprint density at radius 1 is 0.789 bits per heavy atom. The molecule has 2 rings (SSSR count). The summed E-state index contributed by atoms with van der Waals surface area (Å²) in [6, 6.07) is 10.8. The van der Waals surface area contributed by atoms with Crippen LogP contribution in [0.1, 0.15) is 55.6 Å². The first-order chi connectivity index (χ1) is 17.8. The first-order valence-corrected chi connectivity index (χ1v) is 12.9. The summed E-state index contributed by atoms with van der Waals surface area (Å²) < 4.78 is 0. The van der Waals surface area contributed by atoms with Crippen LogP contribution in [0.5, 0.6) is 0 Å². The molecule has 0 aliphatic heterocycles. The number of carbonyl (C=O) groups is 4. The van der Waals surface area contributed by atoms with Gasteiger partial charge in [0.05, 0.1) is 18.1 Å². The van der Waals surface area contributed by atoms with Gasteiger partial charge in [0, 0.05) is 12.0 Å². The molecule has 0 fully saturated rings. The Morgan fingerprint density at radius 2 is 1.37 bits per heavy atom. The third-order valence-electron chi connectivity index (χ3n) is 6.45. The molecule has 0 spiro atoms. The van der Waals surface area contributed by atoms with Gasteiger partial charge in [-0.3, -0.25) is 19.3 Å². The largest absolute Gasteiger partial charge is 0.480 e. The van der Waals surface area contributed by atoms with Crippen molar-refractivity contribution in [1.82, 2.24) is 4.90 Å². The number of ketones is 1. The van der Waals surface area contributed by atoms with Gasteiger partial charge in [0.1, 0.15) is 6.04 Å². The third-order valence-corrected chi connectivity index (χ3v) is 6.45. The number of benzene rings is 2. The maximum atomic E-state index is 13.6. The second-order valence-electron chi connectivity index (χ2n) is 10.4. The molecule has 9 nitrogen and oxygen atoms in total. The lowest BCUT2D eigenvalue weighted by Crippen LogP contribution is -2.60. The average Bonchev–Trinajstić information content (AvgIpc) is 2.87. The molecule has 0 aromatic heterocycles. The fourth-order valence-electron chi connectivity index (χ4n) is 4.25. The molecule has 7 N–H and O–H groups in total. The zero-order valence-electron chi connectivity index (χ0n) is 22.5. The molecular weight excluding hydrogens is 484 g/mol. The molecule has 0 radical (unpaired) electrons. The van der Waals surface area contributed by atoms with Crippen LogP contribution in [-0.4, -0.2) is 57.7 Å². The van der Waals surface area contributed by atoms with Gasteiger partial charge in [0.25, 0.3) is 0 Å². The number of nitrogens with zero attached hydrogens (tertiary/aromatic N) is 1. The molecule has 206 valence electrons. The van der Waals surface area contributed by atoms with Crippen LogP contribution in [-0.2, 0) is 27.2 Å². The molecule has 9 heteroatoms. The van der Waals surface area contributed by atoms with E-state index < -0.39 is 42.0 Å². The fraction of sp³-hybridized carbons (Fsp3) is 0.448. The van der Waals surface area contributed by atoms with E-state index in [1.807, 2.05) is 19.9 Å².